The number of carbonyl (C=O) groups excluding carboxylic acids is 1. The van der Waals surface area contributed by atoms with Crippen LogP contribution in [0.15, 0.2) is 29.9 Å². The van der Waals surface area contributed by atoms with Crippen LogP contribution in [-0.2, 0) is 0 Å². The van der Waals surface area contributed by atoms with Crippen molar-refractivity contribution in [2.45, 2.75) is 11.7 Å². The molecule has 0 bridgehead atoms. The number of hydrogen-bond donors (Lipinski definition) is 1. The molecule has 0 saturated carbocycles. The van der Waals surface area contributed by atoms with Crippen molar-refractivity contribution in [3.8, 4) is 0 Å². The van der Waals surface area contributed by atoms with Crippen molar-refractivity contribution in [1.29, 1.82) is 0 Å². The first-order valence-corrected chi connectivity index (χ1v) is 5.27. The van der Waals surface area contributed by atoms with E-state index < -0.39 is 5.91 Å². The van der Waals surface area contributed by atoms with Crippen LogP contribution in [0, 0.1) is 0 Å². The molecule has 1 unspecified atom stereocenters. The molecule has 0 fully saturated rings. The molecule has 0 spiro atoms. The second kappa shape index (κ2) is 3.84. The van der Waals surface area contributed by atoms with Crippen LogP contribution in [0.1, 0.15) is 27.6 Å². The highest BCUT2D eigenvalue weighted by Gasteiger charge is 2.14. The molecule has 2 N–H and O–H groups in total. The van der Waals surface area contributed by atoms with Gasteiger partial charge >= 0.3 is 0 Å². The predicted molar refractivity (Wildman–Crippen MR) is 56.8 cm³/mol. The smallest absolute Gasteiger partial charge is 0.250 e. The molecule has 2 rings (SSSR count). The van der Waals surface area contributed by atoms with Crippen LogP contribution in [0.2, 0.25) is 0 Å². The Hall–Kier alpha value is -1.29. The summed E-state index contributed by atoms with van der Waals surface area (Å²) in [7, 11) is 0. The summed E-state index contributed by atoms with van der Waals surface area (Å²) in [5.74, 6) is -0.421. The number of amides is 1. The number of thioether (sulfide) groups is 1. The van der Waals surface area contributed by atoms with E-state index >= 15 is 0 Å². The first kappa shape index (κ1) is 9.27. The molecule has 0 radical (unpaired) electrons. The maximum atomic E-state index is 10.9. The van der Waals surface area contributed by atoms with Gasteiger partial charge in [-0.1, -0.05) is 6.08 Å². The summed E-state index contributed by atoms with van der Waals surface area (Å²) in [6, 6.07) is 1.82. The number of allylic oxidation sites excluding steroid dienone is 1. The van der Waals surface area contributed by atoms with E-state index in [1.807, 2.05) is 6.07 Å². The van der Waals surface area contributed by atoms with Crippen molar-refractivity contribution in [2.75, 3.05) is 0 Å². The van der Waals surface area contributed by atoms with E-state index in [4.69, 9.17) is 5.73 Å². The summed E-state index contributed by atoms with van der Waals surface area (Å²) in [4.78, 5) is 14.9. The third-order valence-corrected chi connectivity index (χ3v) is 3.25. The number of aromatic nitrogens is 1. The minimum Gasteiger partial charge on any atom is -0.366 e. The van der Waals surface area contributed by atoms with Crippen molar-refractivity contribution in [1.82, 2.24) is 4.98 Å². The summed E-state index contributed by atoms with van der Waals surface area (Å²) in [5, 5.41) is 2.46. The average Bonchev–Trinajstić information content (AvgIpc) is 2.71. The second-order valence-corrected chi connectivity index (χ2v) is 4.22. The number of rotatable bonds is 2. The molecule has 0 saturated heterocycles. The van der Waals surface area contributed by atoms with Crippen molar-refractivity contribution >= 4 is 17.7 Å². The Morgan fingerprint density at radius 2 is 2.43 bits per heavy atom. The molecule has 1 aliphatic rings. The van der Waals surface area contributed by atoms with Gasteiger partial charge in [-0.2, -0.15) is 0 Å². The Balaban J connectivity index is 2.26. The minimum absolute atomic E-state index is 0.391. The van der Waals surface area contributed by atoms with Crippen LogP contribution < -0.4 is 5.73 Å². The lowest BCUT2D eigenvalue weighted by Crippen LogP contribution is -2.11. The van der Waals surface area contributed by atoms with Gasteiger partial charge in [-0.3, -0.25) is 9.78 Å². The van der Waals surface area contributed by atoms with Gasteiger partial charge in [0.25, 0.3) is 0 Å². The fraction of sp³-hybridized carbons (Fsp3) is 0.200. The highest BCUT2D eigenvalue weighted by atomic mass is 32.2. The number of primary amides is 1. The van der Waals surface area contributed by atoms with E-state index in [1.54, 1.807) is 18.0 Å². The predicted octanol–water partition coefficient (Wildman–Crippen LogP) is 1.87. The topological polar surface area (TPSA) is 56.0 Å². The van der Waals surface area contributed by atoms with Crippen molar-refractivity contribution in [3.63, 3.8) is 0 Å². The standard InChI is InChI=1S/C10H10N2OS/c11-10(13)8-4-7(5-12-6-8)9-2-1-3-14-9/h1,3-6,9H,2H2,(H2,11,13). The van der Waals surface area contributed by atoms with Gasteiger partial charge in [-0.15, -0.1) is 11.8 Å². The fourth-order valence-electron chi connectivity index (χ4n) is 1.37. The molecule has 1 aliphatic heterocycles. The summed E-state index contributed by atoms with van der Waals surface area (Å²) in [6.07, 6.45) is 6.40. The van der Waals surface area contributed by atoms with Crippen LogP contribution in [0.3, 0.4) is 0 Å². The Labute approximate surface area is 86.4 Å². The Kier molecular flexibility index (Phi) is 2.54. The molecule has 0 aliphatic carbocycles. The minimum atomic E-state index is -0.421. The molecule has 4 heteroatoms. The number of carbonyl (C=O) groups is 1. The van der Waals surface area contributed by atoms with E-state index in [0.29, 0.717) is 10.8 Å². The molecule has 72 valence electrons. The maximum absolute atomic E-state index is 10.9. The van der Waals surface area contributed by atoms with Crippen molar-refractivity contribution in [3.05, 3.63) is 41.1 Å². The number of hydrogen-bond acceptors (Lipinski definition) is 3. The molecule has 14 heavy (non-hydrogen) atoms. The van der Waals surface area contributed by atoms with Crippen LogP contribution in [-0.4, -0.2) is 10.9 Å². The maximum Gasteiger partial charge on any atom is 0.250 e. The van der Waals surface area contributed by atoms with Crippen LogP contribution in [0.5, 0.6) is 0 Å². The van der Waals surface area contributed by atoms with Gasteiger partial charge in [0.2, 0.25) is 5.91 Å². The summed E-state index contributed by atoms with van der Waals surface area (Å²) in [6.45, 7) is 0. The summed E-state index contributed by atoms with van der Waals surface area (Å²) >= 11 is 1.74. The normalized spacial score (nSPS) is 19.9. The van der Waals surface area contributed by atoms with E-state index in [0.717, 1.165) is 12.0 Å². The third kappa shape index (κ3) is 1.80. The number of nitrogens with two attached hydrogens (primary N) is 1. The van der Waals surface area contributed by atoms with Gasteiger partial charge in [0.1, 0.15) is 0 Å². The molecule has 0 aromatic carbocycles. The molecule has 2 heterocycles. The SMILES string of the molecule is NC(=O)c1cncc(C2CC=CS2)c1. The zero-order valence-electron chi connectivity index (χ0n) is 7.51. The third-order valence-electron chi connectivity index (χ3n) is 2.10. The Bertz CT molecular complexity index is 381. The number of nitrogens with zero attached hydrogens (tertiary/aromatic N) is 1. The first-order chi connectivity index (χ1) is 6.77. The largest absolute Gasteiger partial charge is 0.366 e. The second-order valence-electron chi connectivity index (χ2n) is 3.10. The zero-order chi connectivity index (χ0) is 9.97. The van der Waals surface area contributed by atoms with E-state index in [2.05, 4.69) is 16.5 Å². The van der Waals surface area contributed by atoms with Crippen molar-refractivity contribution in [2.24, 2.45) is 5.73 Å². The first-order valence-electron chi connectivity index (χ1n) is 4.32. The summed E-state index contributed by atoms with van der Waals surface area (Å²) in [5.41, 5.74) is 6.73. The lowest BCUT2D eigenvalue weighted by atomic mass is 10.1. The average molecular weight is 206 g/mol. The summed E-state index contributed by atoms with van der Waals surface area (Å²) < 4.78 is 0. The molecule has 1 atom stereocenters. The molecular formula is C10H10N2OS. The lowest BCUT2D eigenvalue weighted by molar-refractivity contribution is 0.1000. The Morgan fingerprint density at radius 3 is 3.07 bits per heavy atom. The lowest BCUT2D eigenvalue weighted by Gasteiger charge is -2.08. The highest BCUT2D eigenvalue weighted by Crippen LogP contribution is 2.37. The van der Waals surface area contributed by atoms with Crippen LogP contribution >= 0.6 is 11.8 Å². The Morgan fingerprint density at radius 1 is 1.57 bits per heavy atom. The van der Waals surface area contributed by atoms with Gasteiger partial charge in [-0.25, -0.2) is 0 Å². The zero-order valence-corrected chi connectivity index (χ0v) is 8.33. The van der Waals surface area contributed by atoms with Gasteiger partial charge in [0.05, 0.1) is 5.56 Å². The monoisotopic (exact) mass is 206 g/mol. The molecule has 1 aromatic heterocycles. The van der Waals surface area contributed by atoms with Gasteiger partial charge in [-0.05, 0) is 23.5 Å². The van der Waals surface area contributed by atoms with E-state index in [1.165, 1.54) is 6.20 Å². The molecule has 1 aromatic rings. The molecular weight excluding hydrogens is 196 g/mol. The van der Waals surface area contributed by atoms with E-state index in [-0.39, 0.29) is 0 Å². The quantitative estimate of drug-likeness (QED) is 0.803. The fourth-order valence-corrected chi connectivity index (χ4v) is 2.29. The van der Waals surface area contributed by atoms with Crippen LogP contribution in [0.4, 0.5) is 0 Å². The van der Waals surface area contributed by atoms with Gasteiger partial charge in [0.15, 0.2) is 0 Å². The van der Waals surface area contributed by atoms with Crippen LogP contribution in [0.25, 0.3) is 0 Å². The van der Waals surface area contributed by atoms with E-state index in [9.17, 15) is 4.79 Å². The number of pyridine rings is 1. The molecule has 1 amide bonds. The highest BCUT2D eigenvalue weighted by molar-refractivity contribution is 8.02. The van der Waals surface area contributed by atoms with Gasteiger partial charge in [0, 0.05) is 17.6 Å². The van der Waals surface area contributed by atoms with Gasteiger partial charge < -0.3 is 5.73 Å². The molecule has 3 nitrogen and oxygen atoms in total. The van der Waals surface area contributed by atoms with Crippen molar-refractivity contribution < 1.29 is 4.79 Å².